The molecule has 1 aromatic carbocycles. The van der Waals surface area contributed by atoms with Gasteiger partial charge in [-0.3, -0.25) is 19.2 Å². The van der Waals surface area contributed by atoms with E-state index in [-0.39, 0.29) is 37.0 Å². The average Bonchev–Trinajstić information content (AvgIpc) is 3.44. The lowest BCUT2D eigenvalue weighted by atomic mass is 10.00. The van der Waals surface area contributed by atoms with Crippen LogP contribution in [0.1, 0.15) is 58.9 Å². The molecular formula is C30H47N5O6S. The Kier molecular flexibility index (Phi) is 14.3. The summed E-state index contributed by atoms with van der Waals surface area (Å²) >= 11 is 1.47. The van der Waals surface area contributed by atoms with Crippen molar-refractivity contribution in [2.75, 3.05) is 18.6 Å². The molecule has 0 radical (unpaired) electrons. The van der Waals surface area contributed by atoms with E-state index in [2.05, 4.69) is 16.0 Å². The Hall–Kier alpha value is -3.12. The zero-order valence-electron chi connectivity index (χ0n) is 25.3. The van der Waals surface area contributed by atoms with Crippen LogP contribution in [0.25, 0.3) is 0 Å². The van der Waals surface area contributed by atoms with Gasteiger partial charge in [-0.15, -0.1) is 0 Å². The SMILES string of the molecule is CSCC[C@H](NC(=O)[C@@H](CC(C)C)NC(=O)[C@H](Cc1ccccc1)NC(=O)[C@@H]1CCCN1C(=O)[C@@H](N)C(C)C)C(=O)O. The van der Waals surface area contributed by atoms with E-state index >= 15 is 0 Å². The largest absolute Gasteiger partial charge is 0.480 e. The van der Waals surface area contributed by atoms with Crippen LogP contribution in [0.5, 0.6) is 0 Å². The number of hydrogen-bond acceptors (Lipinski definition) is 7. The predicted molar refractivity (Wildman–Crippen MR) is 164 cm³/mol. The zero-order valence-corrected chi connectivity index (χ0v) is 26.1. The number of carbonyl (C=O) groups excluding carboxylic acids is 4. The lowest BCUT2D eigenvalue weighted by molar-refractivity contribution is -0.142. The zero-order chi connectivity index (χ0) is 31.4. The number of amides is 4. The predicted octanol–water partition coefficient (Wildman–Crippen LogP) is 1.54. The van der Waals surface area contributed by atoms with E-state index < -0.39 is 53.9 Å². The molecule has 12 heteroatoms. The molecule has 1 fully saturated rings. The van der Waals surface area contributed by atoms with Crippen LogP contribution in [0.2, 0.25) is 0 Å². The molecular weight excluding hydrogens is 558 g/mol. The standard InChI is InChI=1S/C30H47N5O6S/c1-18(2)16-22(26(36)32-21(30(40)41)13-15-42-5)33-27(37)23(17-20-10-7-6-8-11-20)34-28(38)24-12-9-14-35(24)29(39)25(31)19(3)4/h6-8,10-11,18-19,21-25H,9,12-17,31H2,1-5H3,(H,32,36)(H,33,37)(H,34,38)(H,40,41)/t21-,22+,23-,24-,25-/m0/s1. The van der Waals surface area contributed by atoms with Crippen LogP contribution in [0.3, 0.4) is 0 Å². The Morgan fingerprint density at radius 3 is 2.17 bits per heavy atom. The fraction of sp³-hybridized carbons (Fsp3) is 0.633. The number of carboxylic acids is 1. The highest BCUT2D eigenvalue weighted by atomic mass is 32.2. The molecule has 1 aromatic rings. The Balaban J connectivity index is 2.26. The van der Waals surface area contributed by atoms with Crippen LogP contribution in [0.15, 0.2) is 30.3 Å². The van der Waals surface area contributed by atoms with Crippen LogP contribution in [-0.4, -0.2) is 88.4 Å². The lowest BCUT2D eigenvalue weighted by Crippen LogP contribution is -2.59. The number of hydrogen-bond donors (Lipinski definition) is 5. The van der Waals surface area contributed by atoms with Crippen molar-refractivity contribution in [2.24, 2.45) is 17.6 Å². The summed E-state index contributed by atoms with van der Waals surface area (Å²) in [5, 5.41) is 17.7. The molecule has 1 aliphatic rings. The van der Waals surface area contributed by atoms with Crippen molar-refractivity contribution in [1.82, 2.24) is 20.9 Å². The van der Waals surface area contributed by atoms with E-state index in [1.165, 1.54) is 16.7 Å². The third kappa shape index (κ3) is 10.6. The highest BCUT2D eigenvalue weighted by Gasteiger charge is 2.38. The highest BCUT2D eigenvalue weighted by Crippen LogP contribution is 2.20. The fourth-order valence-electron chi connectivity index (χ4n) is 4.85. The van der Waals surface area contributed by atoms with Gasteiger partial charge in [-0.1, -0.05) is 58.0 Å². The summed E-state index contributed by atoms with van der Waals surface area (Å²) in [6, 6.07) is 4.55. The molecule has 1 aliphatic heterocycles. The average molecular weight is 606 g/mol. The van der Waals surface area contributed by atoms with Crippen molar-refractivity contribution in [3.05, 3.63) is 35.9 Å². The maximum absolute atomic E-state index is 13.7. The molecule has 2 rings (SSSR count). The normalized spacial score (nSPS) is 17.8. The summed E-state index contributed by atoms with van der Waals surface area (Å²) < 4.78 is 0. The van der Waals surface area contributed by atoms with Crippen molar-refractivity contribution < 1.29 is 29.1 Å². The van der Waals surface area contributed by atoms with Gasteiger partial charge in [0.25, 0.3) is 0 Å². The Labute approximate surface area is 253 Å². The Morgan fingerprint density at radius 1 is 0.976 bits per heavy atom. The summed E-state index contributed by atoms with van der Waals surface area (Å²) in [7, 11) is 0. The topological polar surface area (TPSA) is 171 Å². The number of nitrogens with one attached hydrogen (secondary N) is 3. The maximum atomic E-state index is 13.7. The number of rotatable bonds is 16. The molecule has 234 valence electrons. The number of thioether (sulfide) groups is 1. The minimum atomic E-state index is -1.14. The van der Waals surface area contributed by atoms with Gasteiger partial charge in [0.1, 0.15) is 24.2 Å². The molecule has 0 bridgehead atoms. The van der Waals surface area contributed by atoms with Crippen LogP contribution >= 0.6 is 11.8 Å². The minimum Gasteiger partial charge on any atom is -0.480 e. The van der Waals surface area contributed by atoms with Crippen LogP contribution in [0, 0.1) is 11.8 Å². The first-order valence-electron chi connectivity index (χ1n) is 14.6. The lowest BCUT2D eigenvalue weighted by Gasteiger charge is -2.30. The van der Waals surface area contributed by atoms with Gasteiger partial charge in [-0.2, -0.15) is 11.8 Å². The summed E-state index contributed by atoms with van der Waals surface area (Å²) in [6.07, 6.45) is 3.62. The molecule has 0 unspecified atom stereocenters. The number of nitrogens with zero attached hydrogens (tertiary/aromatic N) is 1. The molecule has 0 aromatic heterocycles. The van der Waals surface area contributed by atoms with Gasteiger partial charge in [0.2, 0.25) is 23.6 Å². The molecule has 6 N–H and O–H groups in total. The molecule has 0 aliphatic carbocycles. The van der Waals surface area contributed by atoms with E-state index in [1.54, 1.807) is 0 Å². The van der Waals surface area contributed by atoms with Crippen molar-refractivity contribution in [3.8, 4) is 0 Å². The number of aliphatic carboxylic acids is 1. The van der Waals surface area contributed by atoms with Gasteiger partial charge in [-0.25, -0.2) is 4.79 Å². The molecule has 0 spiro atoms. The van der Waals surface area contributed by atoms with Crippen molar-refractivity contribution in [1.29, 1.82) is 0 Å². The van der Waals surface area contributed by atoms with Gasteiger partial charge in [-0.05, 0) is 55.1 Å². The van der Waals surface area contributed by atoms with E-state index in [4.69, 9.17) is 5.73 Å². The van der Waals surface area contributed by atoms with Crippen LogP contribution < -0.4 is 21.7 Å². The highest BCUT2D eigenvalue weighted by molar-refractivity contribution is 7.98. The first-order valence-corrected chi connectivity index (χ1v) is 16.0. The first-order chi connectivity index (χ1) is 19.8. The van der Waals surface area contributed by atoms with E-state index in [1.807, 2.05) is 64.3 Å². The van der Waals surface area contributed by atoms with E-state index in [9.17, 15) is 29.1 Å². The second kappa shape index (κ2) is 17.1. The van der Waals surface area contributed by atoms with E-state index in [0.29, 0.717) is 25.1 Å². The van der Waals surface area contributed by atoms with Crippen molar-refractivity contribution in [2.45, 2.75) is 90.0 Å². The molecule has 1 saturated heterocycles. The minimum absolute atomic E-state index is 0.0147. The summed E-state index contributed by atoms with van der Waals surface area (Å²) in [5.74, 6) is -2.59. The van der Waals surface area contributed by atoms with Crippen LogP contribution in [-0.2, 0) is 30.4 Å². The number of nitrogens with two attached hydrogens (primary N) is 1. The van der Waals surface area contributed by atoms with Gasteiger partial charge >= 0.3 is 5.97 Å². The molecule has 0 saturated carbocycles. The summed E-state index contributed by atoms with van der Waals surface area (Å²) in [4.78, 5) is 66.6. The monoisotopic (exact) mass is 605 g/mol. The van der Waals surface area contributed by atoms with E-state index in [0.717, 1.165) is 5.56 Å². The molecule has 1 heterocycles. The molecule has 5 atom stereocenters. The number of carboxylic acid groups (broad SMARTS) is 1. The Morgan fingerprint density at radius 2 is 1.60 bits per heavy atom. The third-order valence-electron chi connectivity index (χ3n) is 7.32. The van der Waals surface area contributed by atoms with Gasteiger partial charge in [0.15, 0.2) is 0 Å². The molecule has 42 heavy (non-hydrogen) atoms. The van der Waals surface area contributed by atoms with Gasteiger partial charge < -0.3 is 31.7 Å². The number of likely N-dealkylation sites (tertiary alicyclic amines) is 1. The molecule has 11 nitrogen and oxygen atoms in total. The number of carbonyl (C=O) groups is 5. The Bertz CT molecular complexity index is 1070. The molecule has 4 amide bonds. The second-order valence-corrected chi connectivity index (χ2v) is 12.6. The first kappa shape index (κ1) is 35.1. The van der Waals surface area contributed by atoms with Crippen molar-refractivity contribution in [3.63, 3.8) is 0 Å². The quantitative estimate of drug-likeness (QED) is 0.189. The summed E-state index contributed by atoms with van der Waals surface area (Å²) in [5.41, 5.74) is 6.89. The van der Waals surface area contributed by atoms with Gasteiger partial charge in [0.05, 0.1) is 6.04 Å². The van der Waals surface area contributed by atoms with Gasteiger partial charge in [0, 0.05) is 13.0 Å². The summed E-state index contributed by atoms with van der Waals surface area (Å²) in [6.45, 7) is 7.89. The third-order valence-corrected chi connectivity index (χ3v) is 7.97. The maximum Gasteiger partial charge on any atom is 0.326 e. The smallest absolute Gasteiger partial charge is 0.326 e. The van der Waals surface area contributed by atoms with Crippen LogP contribution in [0.4, 0.5) is 0 Å². The number of benzene rings is 1. The fourth-order valence-corrected chi connectivity index (χ4v) is 5.32. The van der Waals surface area contributed by atoms with Crippen molar-refractivity contribution >= 4 is 41.4 Å². The second-order valence-electron chi connectivity index (χ2n) is 11.6.